The monoisotopic (exact) mass is 362 g/mol. The van der Waals surface area contributed by atoms with Crippen LogP contribution in [0.2, 0.25) is 0 Å². The molecule has 27 heavy (non-hydrogen) atoms. The highest BCUT2D eigenvalue weighted by Crippen LogP contribution is 2.25. The summed E-state index contributed by atoms with van der Waals surface area (Å²) in [6.07, 6.45) is 1.89. The molecule has 0 radical (unpaired) electrons. The number of nitrogens with two attached hydrogens (primary N) is 1. The molecule has 1 aromatic heterocycles. The third-order valence-corrected chi connectivity index (χ3v) is 5.30. The fourth-order valence-corrected chi connectivity index (χ4v) is 3.68. The summed E-state index contributed by atoms with van der Waals surface area (Å²) < 4.78 is 0. The molecule has 0 bridgehead atoms. The number of rotatable bonds is 4. The van der Waals surface area contributed by atoms with E-state index in [9.17, 15) is 4.79 Å². The minimum atomic E-state index is -0.0796. The van der Waals surface area contributed by atoms with E-state index >= 15 is 0 Å². The lowest BCUT2D eigenvalue weighted by molar-refractivity contribution is 0.0943. The van der Waals surface area contributed by atoms with Crippen LogP contribution in [0.5, 0.6) is 0 Å². The summed E-state index contributed by atoms with van der Waals surface area (Å²) in [6, 6.07) is 17.1. The van der Waals surface area contributed by atoms with Crippen LogP contribution < -0.4 is 16.4 Å². The quantitative estimate of drug-likeness (QED) is 0.576. The second-order valence-electron chi connectivity index (χ2n) is 7.50. The fourth-order valence-electron chi connectivity index (χ4n) is 3.68. The number of aromatic amines is 1. The average Bonchev–Trinajstić information content (AvgIpc) is 3.10. The van der Waals surface area contributed by atoms with E-state index in [-0.39, 0.29) is 18.0 Å². The predicted octanol–water partition coefficient (Wildman–Crippen LogP) is 2.95. The standard InChI is InChI=1S/C22H26N4O/c1-14-2-4-15(5-3-14)16-6-7-17-11-21(26-20(17)10-16)22(27)25-13-19-12-18(23)8-9-24-19/h2-7,10-11,18-19,24,26H,8-9,12-13,23H2,1H3,(H,25,27). The topological polar surface area (TPSA) is 82.9 Å². The zero-order chi connectivity index (χ0) is 18.8. The van der Waals surface area contributed by atoms with E-state index in [2.05, 4.69) is 65.0 Å². The summed E-state index contributed by atoms with van der Waals surface area (Å²) in [5, 5.41) is 7.46. The number of benzene rings is 2. The summed E-state index contributed by atoms with van der Waals surface area (Å²) >= 11 is 0. The molecule has 2 heterocycles. The van der Waals surface area contributed by atoms with E-state index in [4.69, 9.17) is 5.73 Å². The molecule has 3 aromatic rings. The van der Waals surface area contributed by atoms with Crippen LogP contribution in [0.4, 0.5) is 0 Å². The largest absolute Gasteiger partial charge is 0.351 e. The average molecular weight is 362 g/mol. The maximum atomic E-state index is 12.5. The lowest BCUT2D eigenvalue weighted by Crippen LogP contribution is -2.49. The number of aryl methyl sites for hydroxylation is 1. The SMILES string of the molecule is Cc1ccc(-c2ccc3cc(C(=O)NCC4CC(N)CCN4)[nH]c3c2)cc1. The van der Waals surface area contributed by atoms with Crippen molar-refractivity contribution in [2.75, 3.05) is 13.1 Å². The molecule has 0 saturated carbocycles. The fraction of sp³-hybridized carbons (Fsp3) is 0.318. The molecular formula is C22H26N4O. The van der Waals surface area contributed by atoms with Gasteiger partial charge in [-0.1, -0.05) is 42.0 Å². The molecule has 5 N–H and O–H groups in total. The van der Waals surface area contributed by atoms with E-state index in [1.54, 1.807) is 0 Å². The van der Waals surface area contributed by atoms with E-state index in [0.29, 0.717) is 12.2 Å². The Morgan fingerprint density at radius 1 is 1.15 bits per heavy atom. The maximum absolute atomic E-state index is 12.5. The van der Waals surface area contributed by atoms with Gasteiger partial charge in [-0.05, 0) is 49.6 Å². The number of carbonyl (C=O) groups is 1. The molecule has 1 fully saturated rings. The zero-order valence-electron chi connectivity index (χ0n) is 15.6. The third kappa shape index (κ3) is 4.04. The van der Waals surface area contributed by atoms with Gasteiger partial charge in [-0.3, -0.25) is 4.79 Å². The van der Waals surface area contributed by atoms with Crippen molar-refractivity contribution in [2.45, 2.75) is 31.8 Å². The van der Waals surface area contributed by atoms with Crippen LogP contribution in [0.15, 0.2) is 48.5 Å². The van der Waals surface area contributed by atoms with Crippen LogP contribution in [0.1, 0.15) is 28.9 Å². The number of piperidine rings is 1. The smallest absolute Gasteiger partial charge is 0.267 e. The van der Waals surface area contributed by atoms with E-state index in [1.165, 1.54) is 11.1 Å². The van der Waals surface area contributed by atoms with Crippen molar-refractivity contribution in [1.29, 1.82) is 0 Å². The van der Waals surface area contributed by atoms with Crippen LogP contribution in [0.25, 0.3) is 22.0 Å². The Bertz CT molecular complexity index is 945. The number of carbonyl (C=O) groups excluding carboxylic acids is 1. The molecule has 2 aromatic carbocycles. The first-order chi connectivity index (χ1) is 13.1. The van der Waals surface area contributed by atoms with Gasteiger partial charge in [0, 0.05) is 29.5 Å². The van der Waals surface area contributed by atoms with Gasteiger partial charge in [0.2, 0.25) is 0 Å². The second kappa shape index (κ2) is 7.55. The van der Waals surface area contributed by atoms with Gasteiger partial charge in [0.15, 0.2) is 0 Å². The van der Waals surface area contributed by atoms with E-state index < -0.39 is 0 Å². The number of aromatic nitrogens is 1. The van der Waals surface area contributed by atoms with Gasteiger partial charge in [-0.25, -0.2) is 0 Å². The first-order valence-corrected chi connectivity index (χ1v) is 9.55. The van der Waals surface area contributed by atoms with Gasteiger partial charge in [0.25, 0.3) is 5.91 Å². The molecule has 140 valence electrons. The Morgan fingerprint density at radius 3 is 2.70 bits per heavy atom. The summed E-state index contributed by atoms with van der Waals surface area (Å²) in [7, 11) is 0. The number of H-pyrrole nitrogens is 1. The number of nitrogens with one attached hydrogen (secondary N) is 3. The minimum Gasteiger partial charge on any atom is -0.351 e. The lowest BCUT2D eigenvalue weighted by atomic mass is 10.0. The van der Waals surface area contributed by atoms with Crippen LogP contribution in [-0.4, -0.2) is 36.1 Å². The summed E-state index contributed by atoms with van der Waals surface area (Å²) in [5.41, 5.74) is 11.1. The normalized spacial score (nSPS) is 19.9. The van der Waals surface area contributed by atoms with Gasteiger partial charge in [-0.2, -0.15) is 0 Å². The van der Waals surface area contributed by atoms with Crippen LogP contribution in [0, 0.1) is 6.92 Å². The molecule has 1 aliphatic heterocycles. The van der Waals surface area contributed by atoms with Gasteiger partial charge >= 0.3 is 0 Å². The lowest BCUT2D eigenvalue weighted by Gasteiger charge is -2.28. The third-order valence-electron chi connectivity index (χ3n) is 5.30. The molecule has 0 spiro atoms. The number of amides is 1. The molecule has 1 amide bonds. The number of hydrogen-bond donors (Lipinski definition) is 4. The Morgan fingerprint density at radius 2 is 1.93 bits per heavy atom. The first-order valence-electron chi connectivity index (χ1n) is 9.55. The van der Waals surface area contributed by atoms with Crippen molar-refractivity contribution in [3.05, 3.63) is 59.8 Å². The Labute approximate surface area is 159 Å². The van der Waals surface area contributed by atoms with Crippen LogP contribution in [0.3, 0.4) is 0 Å². The summed E-state index contributed by atoms with van der Waals surface area (Å²) in [4.78, 5) is 15.8. The zero-order valence-corrected chi connectivity index (χ0v) is 15.6. The molecular weight excluding hydrogens is 336 g/mol. The van der Waals surface area contributed by atoms with Crippen molar-refractivity contribution in [3.8, 4) is 11.1 Å². The molecule has 5 heteroatoms. The van der Waals surface area contributed by atoms with Crippen LogP contribution >= 0.6 is 0 Å². The Kier molecular flexibility index (Phi) is 4.97. The molecule has 1 saturated heterocycles. The Balaban J connectivity index is 1.47. The first kappa shape index (κ1) is 17.8. The summed E-state index contributed by atoms with van der Waals surface area (Å²) in [6.45, 7) is 3.59. The highest BCUT2D eigenvalue weighted by atomic mass is 16.1. The maximum Gasteiger partial charge on any atom is 0.267 e. The molecule has 0 aliphatic carbocycles. The molecule has 5 nitrogen and oxygen atoms in total. The van der Waals surface area contributed by atoms with Crippen molar-refractivity contribution in [1.82, 2.24) is 15.6 Å². The van der Waals surface area contributed by atoms with Crippen molar-refractivity contribution in [2.24, 2.45) is 5.73 Å². The highest BCUT2D eigenvalue weighted by Gasteiger charge is 2.19. The van der Waals surface area contributed by atoms with Crippen molar-refractivity contribution in [3.63, 3.8) is 0 Å². The summed E-state index contributed by atoms with van der Waals surface area (Å²) in [5.74, 6) is -0.0796. The van der Waals surface area contributed by atoms with Gasteiger partial charge in [0.1, 0.15) is 5.69 Å². The number of hydrogen-bond acceptors (Lipinski definition) is 3. The molecule has 2 unspecified atom stereocenters. The van der Waals surface area contributed by atoms with Crippen LogP contribution in [-0.2, 0) is 0 Å². The van der Waals surface area contributed by atoms with Gasteiger partial charge in [-0.15, -0.1) is 0 Å². The molecule has 4 rings (SSSR count). The van der Waals surface area contributed by atoms with Gasteiger partial charge in [0.05, 0.1) is 0 Å². The van der Waals surface area contributed by atoms with Crippen molar-refractivity contribution >= 4 is 16.8 Å². The molecule has 2 atom stereocenters. The predicted molar refractivity (Wildman–Crippen MR) is 110 cm³/mol. The van der Waals surface area contributed by atoms with E-state index in [1.807, 2.05) is 6.07 Å². The molecule has 1 aliphatic rings. The minimum absolute atomic E-state index is 0.0796. The second-order valence-corrected chi connectivity index (χ2v) is 7.50. The number of fused-ring (bicyclic) bond motifs is 1. The highest BCUT2D eigenvalue weighted by molar-refractivity contribution is 5.98. The van der Waals surface area contributed by atoms with E-state index in [0.717, 1.165) is 35.9 Å². The van der Waals surface area contributed by atoms with Crippen molar-refractivity contribution < 1.29 is 4.79 Å². The van der Waals surface area contributed by atoms with Gasteiger partial charge < -0.3 is 21.4 Å². The Hall–Kier alpha value is -2.63.